The van der Waals surface area contributed by atoms with E-state index in [1.165, 1.54) is 0 Å². The quantitative estimate of drug-likeness (QED) is 0.731. The number of hydrogen-bond acceptors (Lipinski definition) is 4. The van der Waals surface area contributed by atoms with Crippen molar-refractivity contribution >= 4 is 10.9 Å². The van der Waals surface area contributed by atoms with E-state index in [1.807, 2.05) is 48.5 Å². The van der Waals surface area contributed by atoms with E-state index in [1.54, 1.807) is 21.3 Å². The van der Waals surface area contributed by atoms with Crippen LogP contribution in [0.5, 0.6) is 17.2 Å². The molecule has 4 nitrogen and oxygen atoms in total. The minimum atomic E-state index is 0.567. The molecule has 1 heterocycles. The first-order chi connectivity index (χ1) is 10.8. The number of aromatic nitrogens is 1. The van der Waals surface area contributed by atoms with Gasteiger partial charge in [-0.2, -0.15) is 0 Å². The number of hydrogen-bond donors (Lipinski definition) is 0. The highest BCUT2D eigenvalue weighted by molar-refractivity contribution is 5.83. The van der Waals surface area contributed by atoms with Gasteiger partial charge in [0.1, 0.15) is 0 Å². The number of pyridine rings is 1. The van der Waals surface area contributed by atoms with Crippen LogP contribution in [0.15, 0.2) is 48.5 Å². The van der Waals surface area contributed by atoms with Crippen molar-refractivity contribution in [1.29, 1.82) is 0 Å². The highest BCUT2D eigenvalue weighted by atomic mass is 16.5. The van der Waals surface area contributed by atoms with Crippen LogP contribution in [0.1, 0.15) is 0 Å². The van der Waals surface area contributed by atoms with Gasteiger partial charge in [-0.3, -0.25) is 0 Å². The van der Waals surface area contributed by atoms with Gasteiger partial charge in [0.15, 0.2) is 11.5 Å². The smallest absolute Gasteiger partial charge is 0.203 e. The summed E-state index contributed by atoms with van der Waals surface area (Å²) >= 11 is 0. The normalized spacial score (nSPS) is 10.5. The zero-order valence-corrected chi connectivity index (χ0v) is 12.8. The monoisotopic (exact) mass is 295 g/mol. The minimum absolute atomic E-state index is 0.567. The van der Waals surface area contributed by atoms with Crippen LogP contribution in [-0.4, -0.2) is 26.3 Å². The largest absolute Gasteiger partial charge is 0.493 e. The predicted molar refractivity (Wildman–Crippen MR) is 86.8 cm³/mol. The summed E-state index contributed by atoms with van der Waals surface area (Å²) in [6, 6.07) is 15.8. The van der Waals surface area contributed by atoms with Gasteiger partial charge in [-0.1, -0.05) is 24.3 Å². The van der Waals surface area contributed by atoms with E-state index >= 15 is 0 Å². The van der Waals surface area contributed by atoms with Crippen molar-refractivity contribution in [2.45, 2.75) is 0 Å². The molecule has 0 fully saturated rings. The van der Waals surface area contributed by atoms with Gasteiger partial charge in [-0.25, -0.2) is 4.98 Å². The van der Waals surface area contributed by atoms with E-state index in [0.29, 0.717) is 17.2 Å². The molecular formula is C18H17NO3. The number of para-hydroxylation sites is 1. The van der Waals surface area contributed by atoms with Gasteiger partial charge in [0, 0.05) is 10.9 Å². The van der Waals surface area contributed by atoms with Crippen molar-refractivity contribution in [2.24, 2.45) is 0 Å². The highest BCUT2D eigenvalue weighted by Crippen LogP contribution is 2.43. The molecule has 0 saturated heterocycles. The lowest BCUT2D eigenvalue weighted by Crippen LogP contribution is -1.97. The summed E-state index contributed by atoms with van der Waals surface area (Å²) in [4.78, 5) is 4.71. The van der Waals surface area contributed by atoms with Crippen LogP contribution >= 0.6 is 0 Å². The lowest BCUT2D eigenvalue weighted by molar-refractivity contribution is 0.325. The summed E-state index contributed by atoms with van der Waals surface area (Å²) in [7, 11) is 4.81. The summed E-state index contributed by atoms with van der Waals surface area (Å²) in [6.45, 7) is 0. The van der Waals surface area contributed by atoms with Crippen molar-refractivity contribution in [2.75, 3.05) is 21.3 Å². The molecule has 0 aliphatic heterocycles. The molecule has 0 radical (unpaired) electrons. The lowest BCUT2D eigenvalue weighted by Gasteiger charge is -2.15. The van der Waals surface area contributed by atoms with Crippen LogP contribution in [0.4, 0.5) is 0 Å². The first-order valence-electron chi connectivity index (χ1n) is 6.93. The van der Waals surface area contributed by atoms with Crippen LogP contribution in [0.25, 0.3) is 22.2 Å². The van der Waals surface area contributed by atoms with E-state index in [-0.39, 0.29) is 0 Å². The second-order valence-corrected chi connectivity index (χ2v) is 4.77. The van der Waals surface area contributed by atoms with E-state index in [0.717, 1.165) is 22.2 Å². The number of ether oxygens (including phenoxy) is 3. The average molecular weight is 295 g/mol. The maximum absolute atomic E-state index is 5.53. The molecule has 3 aromatic rings. The number of fused-ring (bicyclic) bond motifs is 1. The number of rotatable bonds is 4. The van der Waals surface area contributed by atoms with Crippen molar-refractivity contribution in [3.8, 4) is 28.5 Å². The van der Waals surface area contributed by atoms with Crippen LogP contribution in [0.3, 0.4) is 0 Å². The zero-order valence-electron chi connectivity index (χ0n) is 12.8. The molecule has 2 aromatic carbocycles. The Bertz CT molecular complexity index is 815. The topological polar surface area (TPSA) is 40.6 Å². The molecule has 0 aliphatic rings. The van der Waals surface area contributed by atoms with Gasteiger partial charge < -0.3 is 14.2 Å². The molecule has 3 rings (SSSR count). The molecule has 1 aromatic heterocycles. The molecule has 0 saturated carbocycles. The van der Waals surface area contributed by atoms with Crippen molar-refractivity contribution in [3.63, 3.8) is 0 Å². The second-order valence-electron chi connectivity index (χ2n) is 4.77. The van der Waals surface area contributed by atoms with Crippen LogP contribution in [0, 0.1) is 0 Å². The first kappa shape index (κ1) is 14.2. The maximum atomic E-state index is 5.53. The Balaban J connectivity index is 2.21. The van der Waals surface area contributed by atoms with Crippen LogP contribution < -0.4 is 14.2 Å². The maximum Gasteiger partial charge on any atom is 0.203 e. The fraction of sp³-hybridized carbons (Fsp3) is 0.167. The third-order valence-corrected chi connectivity index (χ3v) is 3.58. The summed E-state index contributed by atoms with van der Waals surface area (Å²) in [5.41, 5.74) is 2.64. The SMILES string of the molecule is COc1ccc(-c2ccc3ccccc3n2)c(OC)c1OC. The highest BCUT2D eigenvalue weighted by Gasteiger charge is 2.17. The first-order valence-corrected chi connectivity index (χ1v) is 6.93. The van der Waals surface area contributed by atoms with E-state index in [2.05, 4.69) is 0 Å². The molecule has 0 atom stereocenters. The number of nitrogens with zero attached hydrogens (tertiary/aromatic N) is 1. The third-order valence-electron chi connectivity index (χ3n) is 3.58. The van der Waals surface area contributed by atoms with Gasteiger partial charge in [0.05, 0.1) is 32.5 Å². The molecule has 22 heavy (non-hydrogen) atoms. The molecule has 0 aliphatic carbocycles. The van der Waals surface area contributed by atoms with Crippen LogP contribution in [0.2, 0.25) is 0 Å². The lowest BCUT2D eigenvalue weighted by atomic mass is 10.1. The standard InChI is InChI=1S/C18H17NO3/c1-20-16-11-9-13(17(21-2)18(16)22-3)15-10-8-12-6-4-5-7-14(12)19-15/h4-11H,1-3H3. The summed E-state index contributed by atoms with van der Waals surface area (Å²) in [5, 5.41) is 1.10. The molecule has 0 amide bonds. The average Bonchev–Trinajstić information content (AvgIpc) is 2.59. The van der Waals surface area contributed by atoms with E-state index in [9.17, 15) is 0 Å². The summed E-state index contributed by atoms with van der Waals surface area (Å²) in [5.74, 6) is 1.81. The van der Waals surface area contributed by atoms with Crippen molar-refractivity contribution < 1.29 is 14.2 Å². The van der Waals surface area contributed by atoms with Crippen LogP contribution in [-0.2, 0) is 0 Å². The number of methoxy groups -OCH3 is 3. The van der Waals surface area contributed by atoms with Crippen molar-refractivity contribution in [1.82, 2.24) is 4.98 Å². The summed E-state index contributed by atoms with van der Waals surface area (Å²) in [6.07, 6.45) is 0. The summed E-state index contributed by atoms with van der Waals surface area (Å²) < 4.78 is 16.3. The Morgan fingerprint density at radius 2 is 1.50 bits per heavy atom. The minimum Gasteiger partial charge on any atom is -0.493 e. The predicted octanol–water partition coefficient (Wildman–Crippen LogP) is 3.93. The fourth-order valence-corrected chi connectivity index (χ4v) is 2.52. The Hall–Kier alpha value is -2.75. The van der Waals surface area contributed by atoms with Gasteiger partial charge >= 0.3 is 0 Å². The van der Waals surface area contributed by atoms with Gasteiger partial charge in [0.2, 0.25) is 5.75 Å². The Morgan fingerprint density at radius 3 is 2.23 bits per heavy atom. The Kier molecular flexibility index (Phi) is 3.83. The second kappa shape index (κ2) is 5.93. The Morgan fingerprint density at radius 1 is 0.727 bits per heavy atom. The molecule has 0 unspecified atom stereocenters. The van der Waals surface area contributed by atoms with Gasteiger partial charge in [-0.15, -0.1) is 0 Å². The molecule has 0 spiro atoms. The number of benzene rings is 2. The fourth-order valence-electron chi connectivity index (χ4n) is 2.52. The third kappa shape index (κ3) is 2.33. The molecule has 112 valence electrons. The zero-order chi connectivity index (χ0) is 15.5. The van der Waals surface area contributed by atoms with Gasteiger partial charge in [-0.05, 0) is 24.3 Å². The van der Waals surface area contributed by atoms with E-state index in [4.69, 9.17) is 19.2 Å². The Labute approximate surface area is 129 Å². The van der Waals surface area contributed by atoms with E-state index < -0.39 is 0 Å². The molecular weight excluding hydrogens is 278 g/mol. The molecule has 4 heteroatoms. The molecule has 0 N–H and O–H groups in total. The van der Waals surface area contributed by atoms with Gasteiger partial charge in [0.25, 0.3) is 0 Å². The van der Waals surface area contributed by atoms with Crippen molar-refractivity contribution in [3.05, 3.63) is 48.5 Å². The molecule has 0 bridgehead atoms.